The summed E-state index contributed by atoms with van der Waals surface area (Å²) in [6.07, 6.45) is 2.08. The summed E-state index contributed by atoms with van der Waals surface area (Å²) in [5.41, 5.74) is 8.21. The van der Waals surface area contributed by atoms with Crippen LogP contribution in [-0.4, -0.2) is 33.9 Å². The molecule has 4 nitrogen and oxygen atoms in total. The lowest BCUT2D eigenvalue weighted by Gasteiger charge is -2.36. The second-order valence-corrected chi connectivity index (χ2v) is 4.37. The number of anilines is 1. The maximum Gasteiger partial charge on any atom is 0.127 e. The van der Waals surface area contributed by atoms with E-state index in [0.717, 1.165) is 24.3 Å². The third-order valence-electron chi connectivity index (χ3n) is 3.54. The van der Waals surface area contributed by atoms with Crippen LogP contribution < -0.4 is 20.1 Å². The van der Waals surface area contributed by atoms with Crippen molar-refractivity contribution in [3.05, 3.63) is 17.7 Å². The van der Waals surface area contributed by atoms with Crippen molar-refractivity contribution in [3.8, 4) is 11.5 Å². The van der Waals surface area contributed by atoms with E-state index in [-0.39, 0.29) is 0 Å². The summed E-state index contributed by atoms with van der Waals surface area (Å²) in [7, 11) is 5.45. The first kappa shape index (κ1) is 12.0. The fourth-order valence-corrected chi connectivity index (χ4v) is 2.45. The summed E-state index contributed by atoms with van der Waals surface area (Å²) in [5, 5.41) is 0. The Morgan fingerprint density at radius 1 is 1.35 bits per heavy atom. The summed E-state index contributed by atoms with van der Waals surface area (Å²) < 4.78 is 10.7. The Balaban J connectivity index is 2.47. The number of nitrogens with zero attached hydrogens (tertiary/aromatic N) is 1. The molecule has 0 saturated carbocycles. The smallest absolute Gasteiger partial charge is 0.127 e. The van der Waals surface area contributed by atoms with Crippen molar-refractivity contribution >= 4 is 5.69 Å². The van der Waals surface area contributed by atoms with Gasteiger partial charge in [0.2, 0.25) is 0 Å². The molecule has 4 heteroatoms. The highest BCUT2D eigenvalue weighted by Gasteiger charge is 2.25. The summed E-state index contributed by atoms with van der Waals surface area (Å²) in [6, 6.07) is 4.40. The van der Waals surface area contributed by atoms with Gasteiger partial charge in [-0.3, -0.25) is 0 Å². The fraction of sp³-hybridized carbons (Fsp3) is 0.538. The zero-order valence-corrected chi connectivity index (χ0v) is 10.7. The second kappa shape index (κ2) is 4.84. The highest BCUT2D eigenvalue weighted by atomic mass is 16.5. The third-order valence-corrected chi connectivity index (χ3v) is 3.54. The molecule has 1 unspecified atom stereocenters. The molecule has 1 heterocycles. The predicted octanol–water partition coefficient (Wildman–Crippen LogP) is 1.41. The van der Waals surface area contributed by atoms with E-state index in [9.17, 15) is 0 Å². The lowest BCUT2D eigenvalue weighted by molar-refractivity contribution is 0.387. The molecule has 0 fully saturated rings. The fourth-order valence-electron chi connectivity index (χ4n) is 2.45. The molecular weight excluding hydrogens is 216 g/mol. The van der Waals surface area contributed by atoms with Crippen LogP contribution in [0.5, 0.6) is 11.5 Å². The molecule has 1 aromatic carbocycles. The van der Waals surface area contributed by atoms with E-state index in [1.165, 1.54) is 11.3 Å². The number of hydrogen-bond acceptors (Lipinski definition) is 4. The number of likely N-dealkylation sites (N-methyl/N-ethyl adjacent to an activating group) is 1. The second-order valence-electron chi connectivity index (χ2n) is 4.37. The van der Waals surface area contributed by atoms with Gasteiger partial charge in [-0.15, -0.1) is 0 Å². The quantitative estimate of drug-likeness (QED) is 0.862. The van der Waals surface area contributed by atoms with E-state index in [0.29, 0.717) is 12.6 Å². The summed E-state index contributed by atoms with van der Waals surface area (Å²) in [4.78, 5) is 2.23. The van der Waals surface area contributed by atoms with Crippen LogP contribution in [0.1, 0.15) is 12.0 Å². The molecule has 1 aliphatic heterocycles. The minimum absolute atomic E-state index is 0.402. The van der Waals surface area contributed by atoms with Gasteiger partial charge in [0, 0.05) is 43.0 Å². The van der Waals surface area contributed by atoms with Gasteiger partial charge in [-0.2, -0.15) is 0 Å². The molecule has 0 amide bonds. The Morgan fingerprint density at radius 3 is 2.71 bits per heavy atom. The van der Waals surface area contributed by atoms with Gasteiger partial charge in [-0.25, -0.2) is 0 Å². The first-order valence-electron chi connectivity index (χ1n) is 5.89. The molecule has 0 aliphatic carbocycles. The molecule has 0 aromatic heterocycles. The standard InChI is InChI=1S/C13H20N2O2/c1-15-9(8-14)4-5-11-12(15)6-10(16-2)7-13(11)17-3/h6-7,9H,4-5,8,14H2,1-3H3. The van der Waals surface area contributed by atoms with E-state index in [2.05, 4.69) is 18.0 Å². The first-order chi connectivity index (χ1) is 8.21. The molecule has 17 heavy (non-hydrogen) atoms. The molecular formula is C13H20N2O2. The minimum atomic E-state index is 0.402. The Bertz CT molecular complexity index is 407. The van der Waals surface area contributed by atoms with Crippen molar-refractivity contribution in [2.75, 3.05) is 32.7 Å². The zero-order chi connectivity index (χ0) is 12.4. The van der Waals surface area contributed by atoms with Crippen LogP contribution in [0.15, 0.2) is 12.1 Å². The van der Waals surface area contributed by atoms with Crippen LogP contribution in [0.2, 0.25) is 0 Å². The average Bonchev–Trinajstić information content (AvgIpc) is 2.38. The van der Waals surface area contributed by atoms with Crippen molar-refractivity contribution in [1.29, 1.82) is 0 Å². The Labute approximate surface area is 102 Å². The number of nitrogens with two attached hydrogens (primary N) is 1. The van der Waals surface area contributed by atoms with Crippen LogP contribution in [0, 0.1) is 0 Å². The maximum absolute atomic E-state index is 5.79. The maximum atomic E-state index is 5.79. The Kier molecular flexibility index (Phi) is 3.43. The van der Waals surface area contributed by atoms with Gasteiger partial charge < -0.3 is 20.1 Å². The monoisotopic (exact) mass is 236 g/mol. The van der Waals surface area contributed by atoms with E-state index in [4.69, 9.17) is 15.2 Å². The van der Waals surface area contributed by atoms with Crippen molar-refractivity contribution in [3.63, 3.8) is 0 Å². The zero-order valence-electron chi connectivity index (χ0n) is 10.7. The molecule has 1 atom stereocenters. The molecule has 0 bridgehead atoms. The lowest BCUT2D eigenvalue weighted by Crippen LogP contribution is -2.41. The molecule has 0 radical (unpaired) electrons. The van der Waals surface area contributed by atoms with Gasteiger partial charge in [-0.05, 0) is 12.8 Å². The number of hydrogen-bond donors (Lipinski definition) is 1. The van der Waals surface area contributed by atoms with Crippen LogP contribution in [0.4, 0.5) is 5.69 Å². The van der Waals surface area contributed by atoms with Crippen molar-refractivity contribution in [1.82, 2.24) is 0 Å². The summed E-state index contributed by atoms with van der Waals surface area (Å²) >= 11 is 0. The van der Waals surface area contributed by atoms with Crippen LogP contribution >= 0.6 is 0 Å². The van der Waals surface area contributed by atoms with E-state index in [1.807, 2.05) is 6.07 Å². The van der Waals surface area contributed by atoms with E-state index >= 15 is 0 Å². The largest absolute Gasteiger partial charge is 0.497 e. The van der Waals surface area contributed by atoms with Gasteiger partial charge in [-0.1, -0.05) is 0 Å². The SMILES string of the molecule is COc1cc(OC)c2c(c1)N(C)C(CN)CC2. The van der Waals surface area contributed by atoms with Gasteiger partial charge >= 0.3 is 0 Å². The van der Waals surface area contributed by atoms with E-state index in [1.54, 1.807) is 14.2 Å². The number of benzene rings is 1. The van der Waals surface area contributed by atoms with Crippen molar-refractivity contribution in [2.45, 2.75) is 18.9 Å². The van der Waals surface area contributed by atoms with Gasteiger partial charge in [0.15, 0.2) is 0 Å². The van der Waals surface area contributed by atoms with E-state index < -0.39 is 0 Å². The molecule has 0 saturated heterocycles. The normalized spacial score (nSPS) is 18.8. The average molecular weight is 236 g/mol. The number of methoxy groups -OCH3 is 2. The Morgan fingerprint density at radius 2 is 2.12 bits per heavy atom. The van der Waals surface area contributed by atoms with Crippen LogP contribution in [0.25, 0.3) is 0 Å². The molecule has 1 aliphatic rings. The predicted molar refractivity (Wildman–Crippen MR) is 69.1 cm³/mol. The Hall–Kier alpha value is -1.42. The first-order valence-corrected chi connectivity index (χ1v) is 5.89. The molecule has 2 N–H and O–H groups in total. The van der Waals surface area contributed by atoms with Gasteiger partial charge in [0.25, 0.3) is 0 Å². The number of fused-ring (bicyclic) bond motifs is 1. The number of ether oxygens (including phenoxy) is 2. The lowest BCUT2D eigenvalue weighted by atomic mass is 9.95. The molecule has 1 aromatic rings. The molecule has 94 valence electrons. The summed E-state index contributed by atoms with van der Waals surface area (Å²) in [5.74, 6) is 1.73. The highest BCUT2D eigenvalue weighted by molar-refractivity contribution is 5.64. The third kappa shape index (κ3) is 2.05. The van der Waals surface area contributed by atoms with Crippen LogP contribution in [-0.2, 0) is 6.42 Å². The van der Waals surface area contributed by atoms with Gasteiger partial charge in [0.05, 0.1) is 14.2 Å². The molecule has 2 rings (SSSR count). The molecule has 0 spiro atoms. The summed E-state index contributed by atoms with van der Waals surface area (Å²) in [6.45, 7) is 0.676. The topological polar surface area (TPSA) is 47.7 Å². The van der Waals surface area contributed by atoms with Crippen molar-refractivity contribution < 1.29 is 9.47 Å². The van der Waals surface area contributed by atoms with Gasteiger partial charge in [0.1, 0.15) is 11.5 Å². The van der Waals surface area contributed by atoms with Crippen molar-refractivity contribution in [2.24, 2.45) is 5.73 Å². The highest BCUT2D eigenvalue weighted by Crippen LogP contribution is 2.39. The minimum Gasteiger partial charge on any atom is -0.497 e. The number of rotatable bonds is 3. The van der Waals surface area contributed by atoms with Crippen LogP contribution in [0.3, 0.4) is 0 Å².